The van der Waals surface area contributed by atoms with E-state index in [0.717, 1.165) is 5.75 Å². The molecular formula is C18H15IO. The summed E-state index contributed by atoms with van der Waals surface area (Å²) >= 11 is -1.88. The fourth-order valence-electron chi connectivity index (χ4n) is 1.83. The Kier molecular flexibility index (Phi) is 4.33. The molecule has 3 aromatic carbocycles. The van der Waals surface area contributed by atoms with Gasteiger partial charge in [0, 0.05) is 0 Å². The van der Waals surface area contributed by atoms with E-state index in [4.69, 9.17) is 3.07 Å². The molecule has 0 spiro atoms. The topological polar surface area (TPSA) is 9.23 Å². The van der Waals surface area contributed by atoms with Gasteiger partial charge in [0.1, 0.15) is 0 Å². The second-order valence-corrected chi connectivity index (χ2v) is 8.58. The minimum absolute atomic E-state index is 0.949. The van der Waals surface area contributed by atoms with Gasteiger partial charge in [0.25, 0.3) is 0 Å². The molecule has 0 aliphatic rings. The fourth-order valence-corrected chi connectivity index (χ4v) is 6.00. The van der Waals surface area contributed by atoms with Crippen molar-refractivity contribution < 1.29 is 3.07 Å². The number of para-hydroxylation sites is 1. The van der Waals surface area contributed by atoms with E-state index in [0.29, 0.717) is 0 Å². The number of rotatable bonds is 4. The molecule has 2 heteroatoms. The molecule has 0 radical (unpaired) electrons. The molecular weight excluding hydrogens is 359 g/mol. The van der Waals surface area contributed by atoms with Gasteiger partial charge in [-0.15, -0.1) is 0 Å². The third kappa shape index (κ3) is 3.20. The molecule has 0 amide bonds. The first-order chi connectivity index (χ1) is 9.93. The van der Waals surface area contributed by atoms with Crippen LogP contribution in [-0.4, -0.2) is 0 Å². The molecule has 0 atom stereocenters. The van der Waals surface area contributed by atoms with E-state index in [9.17, 15) is 0 Å². The Bertz CT molecular complexity index is 599. The molecule has 0 saturated heterocycles. The molecule has 0 fully saturated rings. The van der Waals surface area contributed by atoms with Crippen molar-refractivity contribution >= 4 is 20.2 Å². The van der Waals surface area contributed by atoms with Gasteiger partial charge in [0.2, 0.25) is 0 Å². The van der Waals surface area contributed by atoms with Crippen molar-refractivity contribution in [3.8, 4) is 5.75 Å². The van der Waals surface area contributed by atoms with Gasteiger partial charge in [-0.2, -0.15) is 0 Å². The zero-order chi connectivity index (χ0) is 13.6. The first kappa shape index (κ1) is 13.2. The van der Waals surface area contributed by atoms with Gasteiger partial charge in [-0.1, -0.05) is 0 Å². The van der Waals surface area contributed by atoms with Crippen molar-refractivity contribution in [3.63, 3.8) is 0 Å². The number of benzene rings is 3. The molecule has 0 saturated carbocycles. The maximum absolute atomic E-state index is 6.34. The fraction of sp³-hybridized carbons (Fsp3) is 0. The zero-order valence-corrected chi connectivity index (χ0v) is 13.1. The summed E-state index contributed by atoms with van der Waals surface area (Å²) in [6.07, 6.45) is 0. The van der Waals surface area contributed by atoms with E-state index < -0.39 is 20.2 Å². The Labute approximate surface area is 127 Å². The molecule has 1 nitrogen and oxygen atoms in total. The van der Waals surface area contributed by atoms with Crippen molar-refractivity contribution in [2.45, 2.75) is 0 Å². The molecule has 3 rings (SSSR count). The van der Waals surface area contributed by atoms with E-state index in [1.54, 1.807) is 0 Å². The monoisotopic (exact) mass is 374 g/mol. The Hall–Kier alpha value is -1.81. The summed E-state index contributed by atoms with van der Waals surface area (Å²) in [5.74, 6) is 0.949. The van der Waals surface area contributed by atoms with E-state index in [-0.39, 0.29) is 0 Å². The Balaban J connectivity index is 1.96. The summed E-state index contributed by atoms with van der Waals surface area (Å²) in [5.41, 5.74) is 0. The summed E-state index contributed by atoms with van der Waals surface area (Å²) in [7, 11) is 0. The van der Waals surface area contributed by atoms with E-state index in [2.05, 4.69) is 48.5 Å². The van der Waals surface area contributed by atoms with Gasteiger partial charge in [0.15, 0.2) is 0 Å². The SMILES string of the molecule is c1ccc(OI(c2ccccc2)c2ccccc2)cc1. The predicted molar refractivity (Wildman–Crippen MR) is 91.4 cm³/mol. The summed E-state index contributed by atoms with van der Waals surface area (Å²) in [6, 6.07) is 31.2. The van der Waals surface area contributed by atoms with Crippen LogP contribution in [0.5, 0.6) is 5.75 Å². The Morgan fingerprint density at radius 2 is 0.900 bits per heavy atom. The molecule has 0 N–H and O–H groups in total. The van der Waals surface area contributed by atoms with Crippen LogP contribution in [0.2, 0.25) is 0 Å². The van der Waals surface area contributed by atoms with Crippen LogP contribution in [0.3, 0.4) is 0 Å². The molecule has 0 aromatic heterocycles. The van der Waals surface area contributed by atoms with E-state index in [1.807, 2.05) is 42.5 Å². The second-order valence-electron chi connectivity index (χ2n) is 4.23. The standard InChI is InChI=1S/C18H15IO/c1-4-10-16(11-5-1)19(17-12-6-2-7-13-17)20-18-14-8-3-9-15-18/h1-15H. The van der Waals surface area contributed by atoms with Crippen molar-refractivity contribution in [1.29, 1.82) is 0 Å². The van der Waals surface area contributed by atoms with Gasteiger partial charge in [-0.05, 0) is 0 Å². The molecule has 3 aromatic rings. The van der Waals surface area contributed by atoms with Crippen LogP contribution in [0.25, 0.3) is 0 Å². The van der Waals surface area contributed by atoms with E-state index >= 15 is 0 Å². The number of hydrogen-bond donors (Lipinski definition) is 0. The summed E-state index contributed by atoms with van der Waals surface area (Å²) in [6.45, 7) is 0. The summed E-state index contributed by atoms with van der Waals surface area (Å²) < 4.78 is 8.97. The van der Waals surface area contributed by atoms with Crippen LogP contribution in [0, 0.1) is 7.14 Å². The van der Waals surface area contributed by atoms with Crippen LogP contribution in [0.15, 0.2) is 91.0 Å². The van der Waals surface area contributed by atoms with Crippen LogP contribution < -0.4 is 3.07 Å². The van der Waals surface area contributed by atoms with E-state index in [1.165, 1.54) is 7.14 Å². The Morgan fingerprint density at radius 3 is 1.35 bits per heavy atom. The van der Waals surface area contributed by atoms with Crippen LogP contribution in [-0.2, 0) is 0 Å². The zero-order valence-electron chi connectivity index (χ0n) is 10.9. The first-order valence-corrected chi connectivity index (χ1v) is 9.51. The van der Waals surface area contributed by atoms with Crippen molar-refractivity contribution in [2.24, 2.45) is 0 Å². The molecule has 20 heavy (non-hydrogen) atoms. The van der Waals surface area contributed by atoms with Gasteiger partial charge >= 0.3 is 127 Å². The van der Waals surface area contributed by atoms with Crippen LogP contribution in [0.1, 0.15) is 0 Å². The average Bonchev–Trinajstić information content (AvgIpc) is 2.55. The normalized spacial score (nSPS) is 10.9. The third-order valence-electron chi connectivity index (χ3n) is 2.77. The van der Waals surface area contributed by atoms with Crippen LogP contribution >= 0.6 is 20.2 Å². The number of halogens is 1. The second kappa shape index (κ2) is 6.57. The molecule has 0 aliphatic carbocycles. The third-order valence-corrected chi connectivity index (χ3v) is 7.42. The minimum atomic E-state index is -1.88. The Morgan fingerprint density at radius 1 is 0.500 bits per heavy atom. The van der Waals surface area contributed by atoms with Crippen molar-refractivity contribution in [2.75, 3.05) is 0 Å². The van der Waals surface area contributed by atoms with Crippen molar-refractivity contribution in [1.82, 2.24) is 0 Å². The molecule has 0 heterocycles. The van der Waals surface area contributed by atoms with Crippen molar-refractivity contribution in [3.05, 3.63) is 98.1 Å². The maximum atomic E-state index is 6.34. The quantitative estimate of drug-likeness (QED) is 0.569. The summed E-state index contributed by atoms with van der Waals surface area (Å²) in [4.78, 5) is 0. The van der Waals surface area contributed by atoms with Gasteiger partial charge < -0.3 is 0 Å². The number of hydrogen-bond acceptors (Lipinski definition) is 1. The van der Waals surface area contributed by atoms with Gasteiger partial charge in [-0.3, -0.25) is 0 Å². The van der Waals surface area contributed by atoms with Gasteiger partial charge in [0.05, 0.1) is 0 Å². The molecule has 100 valence electrons. The average molecular weight is 374 g/mol. The first-order valence-electron chi connectivity index (χ1n) is 6.47. The van der Waals surface area contributed by atoms with Crippen LogP contribution in [0.4, 0.5) is 0 Å². The molecule has 0 bridgehead atoms. The predicted octanol–water partition coefficient (Wildman–Crippen LogP) is 5.23. The van der Waals surface area contributed by atoms with Gasteiger partial charge in [-0.25, -0.2) is 0 Å². The summed E-state index contributed by atoms with van der Waals surface area (Å²) in [5, 5.41) is 0. The molecule has 0 aliphatic heterocycles. The molecule has 0 unspecified atom stereocenters.